The molecule has 0 atom stereocenters. The summed E-state index contributed by atoms with van der Waals surface area (Å²) < 4.78 is 5.04. The zero-order chi connectivity index (χ0) is 13.8. The predicted molar refractivity (Wildman–Crippen MR) is 68.9 cm³/mol. The standard InChI is InChI=1S/C12H17NO4S/c1-4-12(2,3)13-9(14)7-18-10-6-5-8(17-10)11(15)16/h5-6H,4,7H2,1-3H3,(H,13,14)(H,15,16). The van der Waals surface area contributed by atoms with E-state index in [-0.39, 0.29) is 23.0 Å². The van der Waals surface area contributed by atoms with E-state index < -0.39 is 5.97 Å². The van der Waals surface area contributed by atoms with Crippen LogP contribution < -0.4 is 5.32 Å². The highest BCUT2D eigenvalue weighted by Crippen LogP contribution is 2.21. The number of carboxylic acid groups (broad SMARTS) is 1. The summed E-state index contributed by atoms with van der Waals surface area (Å²) in [5.74, 6) is -1.12. The van der Waals surface area contributed by atoms with E-state index in [2.05, 4.69) is 5.32 Å². The van der Waals surface area contributed by atoms with Crippen molar-refractivity contribution in [1.82, 2.24) is 5.32 Å². The number of hydrogen-bond acceptors (Lipinski definition) is 4. The number of hydrogen-bond donors (Lipinski definition) is 2. The molecule has 1 heterocycles. The van der Waals surface area contributed by atoms with Gasteiger partial charge in [-0.1, -0.05) is 18.7 Å². The molecule has 5 nitrogen and oxygen atoms in total. The number of carbonyl (C=O) groups is 2. The molecule has 6 heteroatoms. The molecule has 18 heavy (non-hydrogen) atoms. The number of rotatable bonds is 6. The van der Waals surface area contributed by atoms with Crippen LogP contribution in [0, 0.1) is 0 Å². The van der Waals surface area contributed by atoms with Gasteiger partial charge in [-0.05, 0) is 32.4 Å². The van der Waals surface area contributed by atoms with Crippen molar-refractivity contribution in [3.63, 3.8) is 0 Å². The van der Waals surface area contributed by atoms with Crippen molar-refractivity contribution in [1.29, 1.82) is 0 Å². The number of carbonyl (C=O) groups excluding carboxylic acids is 1. The van der Waals surface area contributed by atoms with Gasteiger partial charge < -0.3 is 14.8 Å². The summed E-state index contributed by atoms with van der Waals surface area (Å²) in [6, 6.07) is 2.92. The summed E-state index contributed by atoms with van der Waals surface area (Å²) >= 11 is 1.18. The first-order valence-corrected chi connectivity index (χ1v) is 6.59. The van der Waals surface area contributed by atoms with Gasteiger partial charge in [-0.25, -0.2) is 4.79 Å². The van der Waals surface area contributed by atoms with Gasteiger partial charge in [0.1, 0.15) is 0 Å². The lowest BCUT2D eigenvalue weighted by molar-refractivity contribution is -0.120. The van der Waals surface area contributed by atoms with Gasteiger partial charge in [0, 0.05) is 5.54 Å². The van der Waals surface area contributed by atoms with Crippen LogP contribution in [0.4, 0.5) is 0 Å². The summed E-state index contributed by atoms with van der Waals surface area (Å²) in [4.78, 5) is 22.2. The van der Waals surface area contributed by atoms with Crippen LogP contribution in [0.3, 0.4) is 0 Å². The minimum Gasteiger partial charge on any atom is -0.475 e. The van der Waals surface area contributed by atoms with Crippen LogP contribution >= 0.6 is 11.8 Å². The molecule has 0 radical (unpaired) electrons. The van der Waals surface area contributed by atoms with E-state index in [0.717, 1.165) is 6.42 Å². The number of amides is 1. The molecule has 2 N–H and O–H groups in total. The van der Waals surface area contributed by atoms with Crippen molar-refractivity contribution in [2.24, 2.45) is 0 Å². The molecule has 0 fully saturated rings. The van der Waals surface area contributed by atoms with Gasteiger partial charge >= 0.3 is 5.97 Å². The molecule has 0 bridgehead atoms. The van der Waals surface area contributed by atoms with E-state index in [4.69, 9.17) is 9.52 Å². The lowest BCUT2D eigenvalue weighted by Gasteiger charge is -2.24. The Bertz CT molecular complexity index is 439. The first kappa shape index (κ1) is 14.6. The molecule has 1 rings (SSSR count). The Morgan fingerprint density at radius 3 is 2.61 bits per heavy atom. The lowest BCUT2D eigenvalue weighted by Crippen LogP contribution is -2.43. The van der Waals surface area contributed by atoms with Gasteiger partial charge in [0.25, 0.3) is 0 Å². The van der Waals surface area contributed by atoms with Crippen LogP contribution in [0.5, 0.6) is 0 Å². The lowest BCUT2D eigenvalue weighted by atomic mass is 10.0. The molecule has 0 aliphatic heterocycles. The number of thioether (sulfide) groups is 1. The average molecular weight is 271 g/mol. The fourth-order valence-electron chi connectivity index (χ4n) is 1.15. The molecule has 0 spiro atoms. The zero-order valence-corrected chi connectivity index (χ0v) is 11.5. The summed E-state index contributed by atoms with van der Waals surface area (Å²) in [5.41, 5.74) is -0.229. The van der Waals surface area contributed by atoms with Gasteiger partial charge in [0.05, 0.1) is 5.75 Å². The van der Waals surface area contributed by atoms with E-state index in [1.165, 1.54) is 17.8 Å². The number of aromatic carboxylic acids is 1. The van der Waals surface area contributed by atoms with Gasteiger partial charge in [-0.3, -0.25) is 4.79 Å². The summed E-state index contributed by atoms with van der Waals surface area (Å²) in [6.45, 7) is 5.90. The molecule has 1 aromatic rings. The molecule has 0 saturated carbocycles. The maximum Gasteiger partial charge on any atom is 0.371 e. The second kappa shape index (κ2) is 5.95. The second-order valence-corrected chi connectivity index (χ2v) is 5.48. The Morgan fingerprint density at radius 1 is 1.44 bits per heavy atom. The Kier molecular flexibility index (Phi) is 4.84. The second-order valence-electron chi connectivity index (χ2n) is 4.50. The van der Waals surface area contributed by atoms with E-state index in [1.54, 1.807) is 6.07 Å². The van der Waals surface area contributed by atoms with Gasteiger partial charge in [-0.2, -0.15) is 0 Å². The maximum atomic E-state index is 11.6. The molecule has 0 aliphatic carbocycles. The summed E-state index contributed by atoms with van der Waals surface area (Å²) in [6.07, 6.45) is 0.841. The zero-order valence-electron chi connectivity index (χ0n) is 10.6. The number of furan rings is 1. The Labute approximate surface area is 110 Å². The maximum absolute atomic E-state index is 11.6. The number of nitrogens with one attached hydrogen (secondary N) is 1. The largest absolute Gasteiger partial charge is 0.475 e. The van der Waals surface area contributed by atoms with Crippen LogP contribution in [0.1, 0.15) is 37.7 Å². The highest BCUT2D eigenvalue weighted by Gasteiger charge is 2.18. The van der Waals surface area contributed by atoms with Crippen LogP contribution in [-0.2, 0) is 4.79 Å². The van der Waals surface area contributed by atoms with Crippen molar-refractivity contribution >= 4 is 23.6 Å². The highest BCUT2D eigenvalue weighted by atomic mass is 32.2. The third kappa shape index (κ3) is 4.44. The van der Waals surface area contributed by atoms with E-state index in [9.17, 15) is 9.59 Å². The van der Waals surface area contributed by atoms with E-state index >= 15 is 0 Å². The Morgan fingerprint density at radius 2 is 2.11 bits per heavy atom. The third-order valence-corrected chi connectivity index (χ3v) is 3.41. The van der Waals surface area contributed by atoms with Crippen LogP contribution in [0.15, 0.2) is 21.6 Å². The topological polar surface area (TPSA) is 79.5 Å². The molecule has 1 amide bonds. The van der Waals surface area contributed by atoms with Crippen molar-refractivity contribution in [2.75, 3.05) is 5.75 Å². The first-order valence-electron chi connectivity index (χ1n) is 5.61. The third-order valence-electron chi connectivity index (χ3n) is 2.50. The van der Waals surface area contributed by atoms with Crippen molar-refractivity contribution in [3.05, 3.63) is 17.9 Å². The molecular weight excluding hydrogens is 254 g/mol. The molecule has 0 aromatic carbocycles. The van der Waals surface area contributed by atoms with E-state index in [0.29, 0.717) is 5.09 Å². The fraction of sp³-hybridized carbons (Fsp3) is 0.500. The molecule has 0 unspecified atom stereocenters. The molecule has 0 saturated heterocycles. The first-order chi connectivity index (χ1) is 8.34. The monoisotopic (exact) mass is 271 g/mol. The van der Waals surface area contributed by atoms with Gasteiger partial charge in [0.2, 0.25) is 11.7 Å². The van der Waals surface area contributed by atoms with Crippen molar-refractivity contribution in [2.45, 2.75) is 37.8 Å². The number of carboxylic acids is 1. The van der Waals surface area contributed by atoms with Crippen LogP contribution in [-0.4, -0.2) is 28.3 Å². The highest BCUT2D eigenvalue weighted by molar-refractivity contribution is 7.99. The Hall–Kier alpha value is -1.43. The minimum atomic E-state index is -1.11. The molecule has 0 aliphatic rings. The normalized spacial score (nSPS) is 11.3. The molecule has 100 valence electrons. The average Bonchev–Trinajstić information content (AvgIpc) is 2.74. The fourth-order valence-corrected chi connectivity index (χ4v) is 1.81. The summed E-state index contributed by atoms with van der Waals surface area (Å²) in [7, 11) is 0. The molecular formula is C12H17NO4S. The smallest absolute Gasteiger partial charge is 0.371 e. The van der Waals surface area contributed by atoms with Gasteiger partial charge in [0.15, 0.2) is 5.09 Å². The molecule has 1 aromatic heterocycles. The quantitative estimate of drug-likeness (QED) is 0.776. The van der Waals surface area contributed by atoms with Crippen LogP contribution in [0.2, 0.25) is 0 Å². The van der Waals surface area contributed by atoms with Crippen LogP contribution in [0.25, 0.3) is 0 Å². The Balaban J connectivity index is 2.45. The summed E-state index contributed by atoms with van der Waals surface area (Å²) in [5, 5.41) is 12.0. The van der Waals surface area contributed by atoms with Crippen molar-refractivity contribution < 1.29 is 19.1 Å². The SMILES string of the molecule is CCC(C)(C)NC(=O)CSc1ccc(C(=O)O)o1. The predicted octanol–water partition coefficient (Wildman–Crippen LogP) is 2.37. The van der Waals surface area contributed by atoms with Crippen molar-refractivity contribution in [3.8, 4) is 0 Å². The van der Waals surface area contributed by atoms with E-state index in [1.807, 2.05) is 20.8 Å². The van der Waals surface area contributed by atoms with Gasteiger partial charge in [-0.15, -0.1) is 0 Å². The minimum absolute atomic E-state index is 0.0971.